The molecule has 14 aromatic rings. The average molecular weight is 1000 g/mol. The third-order valence-electron chi connectivity index (χ3n) is 15.2. The van der Waals surface area contributed by atoms with Crippen molar-refractivity contribution in [3.8, 4) is 5.69 Å². The van der Waals surface area contributed by atoms with E-state index in [1.807, 2.05) is 6.08 Å². The van der Waals surface area contributed by atoms with Gasteiger partial charge in [-0.05, 0) is 132 Å². The summed E-state index contributed by atoms with van der Waals surface area (Å²) in [5.74, 6) is 0. The van der Waals surface area contributed by atoms with Crippen molar-refractivity contribution in [1.29, 1.82) is 0 Å². The molecule has 0 unspecified atom stereocenters. The Balaban J connectivity index is 0.951. The van der Waals surface area contributed by atoms with Crippen LogP contribution in [-0.2, 0) is 0 Å². The predicted octanol–water partition coefficient (Wildman–Crippen LogP) is 20.8. The van der Waals surface area contributed by atoms with E-state index in [1.54, 1.807) is 0 Å². The minimum atomic E-state index is 0.815. The average Bonchev–Trinajstić information content (AvgIpc) is 4.04. The van der Waals surface area contributed by atoms with Gasteiger partial charge in [0.15, 0.2) is 0 Å². The molecule has 0 spiro atoms. The standard InChI is InChI=1S/C73H52N4O/c1-3-50-22-14-17-33-60(50)67(4-2)76(57-41-45-72-66(47-57)64-43-39-59(49-73(64)78-72)75(54-29-10-6-11-30-54)69-37-21-26-52-24-16-19-35-62(52)69)58-38-42-63-65-46-56(40-44-70(65)77(71(63)48-58)55-31-12-7-13-32-55)74(53-27-8-5-9-28-53)68-36-20-25-51-23-15-18-34-61(51)68/h3-49H,1H2,2H3/b67-4+. The summed E-state index contributed by atoms with van der Waals surface area (Å²) in [6.45, 7) is 6.39. The molecule has 0 bridgehead atoms. The number of nitrogens with zero attached hydrogens (tertiary/aromatic N) is 4. The number of fused-ring (bicyclic) bond motifs is 8. The van der Waals surface area contributed by atoms with Crippen LogP contribution in [0.4, 0.5) is 45.5 Å². The summed E-state index contributed by atoms with van der Waals surface area (Å²) in [6, 6.07) is 97.9. The molecule has 5 heteroatoms. The number of anilines is 8. The minimum Gasteiger partial charge on any atom is -0.456 e. The van der Waals surface area contributed by atoms with Gasteiger partial charge in [-0.2, -0.15) is 0 Å². The van der Waals surface area contributed by atoms with Gasteiger partial charge in [-0.15, -0.1) is 0 Å². The Kier molecular flexibility index (Phi) is 11.5. The molecule has 0 amide bonds. The smallest absolute Gasteiger partial charge is 0.137 e. The largest absolute Gasteiger partial charge is 0.456 e. The Morgan fingerprint density at radius 1 is 0.385 bits per heavy atom. The van der Waals surface area contributed by atoms with E-state index < -0.39 is 0 Å². The Morgan fingerprint density at radius 2 is 0.910 bits per heavy atom. The van der Waals surface area contributed by atoms with E-state index in [0.717, 1.165) is 112 Å². The van der Waals surface area contributed by atoms with Crippen molar-refractivity contribution in [1.82, 2.24) is 4.57 Å². The van der Waals surface area contributed by atoms with Crippen molar-refractivity contribution < 1.29 is 4.42 Å². The number of hydrogen-bond acceptors (Lipinski definition) is 4. The van der Waals surface area contributed by atoms with Crippen molar-refractivity contribution >= 4 is 123 Å². The third-order valence-corrected chi connectivity index (χ3v) is 15.2. The molecule has 0 aliphatic heterocycles. The van der Waals surface area contributed by atoms with E-state index in [-0.39, 0.29) is 0 Å². The molecule has 0 aliphatic carbocycles. The van der Waals surface area contributed by atoms with Crippen molar-refractivity contribution in [2.24, 2.45) is 0 Å². The van der Waals surface area contributed by atoms with E-state index in [9.17, 15) is 0 Å². The Bertz CT molecular complexity index is 4600. The lowest BCUT2D eigenvalue weighted by Gasteiger charge is -2.29. The van der Waals surface area contributed by atoms with Crippen LogP contribution in [0.25, 0.3) is 82.7 Å². The molecule has 0 aliphatic rings. The van der Waals surface area contributed by atoms with Gasteiger partial charge in [0, 0.05) is 89.5 Å². The highest BCUT2D eigenvalue weighted by molar-refractivity contribution is 6.13. The van der Waals surface area contributed by atoms with E-state index in [4.69, 9.17) is 4.42 Å². The fourth-order valence-corrected chi connectivity index (χ4v) is 11.7. The maximum atomic E-state index is 6.83. The highest BCUT2D eigenvalue weighted by Crippen LogP contribution is 2.47. The van der Waals surface area contributed by atoms with Gasteiger partial charge in [0.05, 0.1) is 22.4 Å². The molecule has 0 N–H and O–H groups in total. The Hall–Kier alpha value is -10.4. The van der Waals surface area contributed by atoms with E-state index in [1.165, 1.54) is 21.5 Å². The highest BCUT2D eigenvalue weighted by atomic mass is 16.3. The monoisotopic (exact) mass is 1000 g/mol. The number of furan rings is 1. The molecule has 0 fully saturated rings. The zero-order chi connectivity index (χ0) is 52.1. The first-order valence-corrected chi connectivity index (χ1v) is 26.6. The fourth-order valence-electron chi connectivity index (χ4n) is 11.7. The summed E-state index contributed by atoms with van der Waals surface area (Å²) in [4.78, 5) is 7.11. The first kappa shape index (κ1) is 46.2. The van der Waals surface area contributed by atoms with Crippen LogP contribution >= 0.6 is 0 Å². The van der Waals surface area contributed by atoms with Gasteiger partial charge in [0.1, 0.15) is 11.2 Å². The van der Waals surface area contributed by atoms with Crippen LogP contribution < -0.4 is 14.7 Å². The number of para-hydroxylation sites is 3. The van der Waals surface area contributed by atoms with Crippen molar-refractivity contribution in [3.63, 3.8) is 0 Å². The van der Waals surface area contributed by atoms with Crippen molar-refractivity contribution in [2.45, 2.75) is 6.92 Å². The van der Waals surface area contributed by atoms with Crippen LogP contribution in [-0.4, -0.2) is 4.57 Å². The van der Waals surface area contributed by atoms with Gasteiger partial charge in [-0.25, -0.2) is 0 Å². The molecule has 0 radical (unpaired) electrons. The van der Waals surface area contributed by atoms with Gasteiger partial charge >= 0.3 is 0 Å². The first-order chi connectivity index (χ1) is 38.6. The van der Waals surface area contributed by atoms with Crippen LogP contribution in [0.5, 0.6) is 0 Å². The van der Waals surface area contributed by atoms with Gasteiger partial charge in [0.2, 0.25) is 0 Å². The lowest BCUT2D eigenvalue weighted by Crippen LogP contribution is -2.16. The zero-order valence-electron chi connectivity index (χ0n) is 43.0. The van der Waals surface area contributed by atoms with E-state index in [0.29, 0.717) is 0 Å². The summed E-state index contributed by atoms with van der Waals surface area (Å²) in [7, 11) is 0. The van der Waals surface area contributed by atoms with Crippen LogP contribution in [0, 0.1) is 0 Å². The van der Waals surface area contributed by atoms with Crippen LogP contribution in [0.3, 0.4) is 0 Å². The lowest BCUT2D eigenvalue weighted by atomic mass is 10.0. The number of aromatic nitrogens is 1. The maximum Gasteiger partial charge on any atom is 0.137 e. The van der Waals surface area contributed by atoms with Crippen molar-refractivity contribution in [3.05, 3.63) is 297 Å². The van der Waals surface area contributed by atoms with Gasteiger partial charge in [-0.1, -0.05) is 176 Å². The summed E-state index contributed by atoms with van der Waals surface area (Å²) in [5, 5.41) is 9.13. The van der Waals surface area contributed by atoms with Gasteiger partial charge in [0.25, 0.3) is 0 Å². The molecule has 14 rings (SSSR count). The number of allylic oxidation sites excluding steroid dienone is 1. The minimum absolute atomic E-state index is 0.815. The third kappa shape index (κ3) is 7.87. The van der Waals surface area contributed by atoms with Gasteiger partial charge < -0.3 is 23.7 Å². The molecular weight excluding hydrogens is 949 g/mol. The highest BCUT2D eigenvalue weighted by Gasteiger charge is 2.24. The lowest BCUT2D eigenvalue weighted by molar-refractivity contribution is 0.669. The topological polar surface area (TPSA) is 27.8 Å². The molecule has 2 aromatic heterocycles. The number of hydrogen-bond donors (Lipinski definition) is 0. The fraction of sp³-hybridized carbons (Fsp3) is 0.0137. The Labute approximate surface area is 453 Å². The molecule has 78 heavy (non-hydrogen) atoms. The van der Waals surface area contributed by atoms with Crippen LogP contribution in [0.1, 0.15) is 18.1 Å². The molecule has 2 heterocycles. The second-order valence-corrected chi connectivity index (χ2v) is 19.7. The molecule has 5 nitrogen and oxygen atoms in total. The normalized spacial score (nSPS) is 11.8. The molecule has 0 saturated heterocycles. The summed E-state index contributed by atoms with van der Waals surface area (Å²) < 4.78 is 9.24. The molecule has 0 saturated carbocycles. The first-order valence-electron chi connectivity index (χ1n) is 26.6. The number of rotatable bonds is 12. The summed E-state index contributed by atoms with van der Waals surface area (Å²) in [5.41, 5.74) is 16.6. The molecule has 0 atom stereocenters. The Morgan fingerprint density at radius 3 is 1.58 bits per heavy atom. The molecular formula is C73H52N4O. The quantitative estimate of drug-likeness (QED) is 0.122. The van der Waals surface area contributed by atoms with Crippen molar-refractivity contribution in [2.75, 3.05) is 14.7 Å². The van der Waals surface area contributed by atoms with Crippen LogP contribution in [0.15, 0.2) is 290 Å². The zero-order valence-corrected chi connectivity index (χ0v) is 43.0. The number of benzene rings is 12. The predicted molar refractivity (Wildman–Crippen MR) is 331 cm³/mol. The SMILES string of the molecule is C=Cc1ccccc1/C(=C\C)N(c1ccc2oc3cc(N(c4ccccc4)c4cccc5ccccc45)ccc3c2c1)c1ccc2c3cc(N(c4ccccc4)c4cccc5ccccc45)ccc3n(-c3ccccc3)c2c1. The molecule has 370 valence electrons. The van der Waals surface area contributed by atoms with E-state index in [2.05, 4.69) is 312 Å². The van der Waals surface area contributed by atoms with Crippen LogP contribution in [0.2, 0.25) is 0 Å². The summed E-state index contributed by atoms with van der Waals surface area (Å²) >= 11 is 0. The second kappa shape index (κ2) is 19.4. The molecule has 12 aromatic carbocycles. The second-order valence-electron chi connectivity index (χ2n) is 19.7. The summed E-state index contributed by atoms with van der Waals surface area (Å²) in [6.07, 6.45) is 4.16. The van der Waals surface area contributed by atoms with E-state index >= 15 is 0 Å². The van der Waals surface area contributed by atoms with Gasteiger partial charge in [-0.3, -0.25) is 0 Å². The maximum absolute atomic E-state index is 6.83.